The number of benzene rings is 2. The van der Waals surface area contributed by atoms with E-state index in [9.17, 15) is 8.42 Å². The van der Waals surface area contributed by atoms with Crippen LogP contribution in [0, 0.1) is 13.8 Å². The van der Waals surface area contributed by atoms with Crippen molar-refractivity contribution in [2.24, 2.45) is 0 Å². The van der Waals surface area contributed by atoms with Crippen molar-refractivity contribution < 1.29 is 13.2 Å². The Morgan fingerprint density at radius 3 is 2.46 bits per heavy atom. The van der Waals surface area contributed by atoms with E-state index in [-0.39, 0.29) is 20.7 Å². The van der Waals surface area contributed by atoms with Crippen molar-refractivity contribution in [3.8, 4) is 5.75 Å². The molecular weight excluding hydrogens is 371 g/mol. The highest BCUT2D eigenvalue weighted by Crippen LogP contribution is 2.38. The van der Waals surface area contributed by atoms with Gasteiger partial charge in [0.05, 0.1) is 23.2 Å². The Morgan fingerprint density at radius 2 is 1.79 bits per heavy atom. The van der Waals surface area contributed by atoms with Crippen LogP contribution in [-0.4, -0.2) is 24.5 Å². The monoisotopic (exact) mass is 384 g/mol. The summed E-state index contributed by atoms with van der Waals surface area (Å²) in [5.74, 6) is 0.00912. The summed E-state index contributed by atoms with van der Waals surface area (Å²) in [6.45, 7) is 3.86. The second-order valence-electron chi connectivity index (χ2n) is 5.36. The lowest BCUT2D eigenvalue weighted by Gasteiger charge is -2.13. The molecule has 126 valence electrons. The molecule has 0 N–H and O–H groups in total. The van der Waals surface area contributed by atoms with E-state index < -0.39 is 10.0 Å². The SMILES string of the molecule is COc1c(S(=O)(=O)n2cnc3cc(C)c(C)cc32)ccc(Cl)c1Cl. The average molecular weight is 385 g/mol. The largest absolute Gasteiger partial charge is 0.494 e. The van der Waals surface area contributed by atoms with E-state index in [0.29, 0.717) is 11.0 Å². The topological polar surface area (TPSA) is 61.2 Å². The standard InChI is InChI=1S/C16H14Cl2N2O3S/c1-9-6-12-13(7-10(9)2)20(8-19-12)24(21,22)14-5-4-11(17)15(18)16(14)23-3/h4-8H,1-3H3. The highest BCUT2D eigenvalue weighted by Gasteiger charge is 2.26. The van der Waals surface area contributed by atoms with E-state index >= 15 is 0 Å². The van der Waals surface area contributed by atoms with Crippen molar-refractivity contribution in [3.05, 3.63) is 51.8 Å². The van der Waals surface area contributed by atoms with E-state index in [2.05, 4.69) is 4.98 Å². The number of aryl methyl sites for hydroxylation is 2. The number of fused-ring (bicyclic) bond motifs is 1. The summed E-state index contributed by atoms with van der Waals surface area (Å²) < 4.78 is 32.5. The van der Waals surface area contributed by atoms with Crippen molar-refractivity contribution in [2.75, 3.05) is 7.11 Å². The molecule has 0 amide bonds. The molecular formula is C16H14Cl2N2O3S. The summed E-state index contributed by atoms with van der Waals surface area (Å²) in [5.41, 5.74) is 3.10. The Bertz CT molecular complexity index is 1060. The first-order chi connectivity index (χ1) is 11.3. The third-order valence-electron chi connectivity index (χ3n) is 3.88. The van der Waals surface area contributed by atoms with Crippen LogP contribution in [0.15, 0.2) is 35.5 Å². The zero-order chi connectivity index (χ0) is 17.6. The number of rotatable bonds is 3. The summed E-state index contributed by atoms with van der Waals surface area (Å²) in [4.78, 5) is 4.12. The first-order valence-corrected chi connectivity index (χ1v) is 9.19. The summed E-state index contributed by atoms with van der Waals surface area (Å²) in [6, 6.07) is 6.44. The third kappa shape index (κ3) is 2.55. The van der Waals surface area contributed by atoms with Gasteiger partial charge in [0.15, 0.2) is 5.75 Å². The van der Waals surface area contributed by atoms with Crippen LogP contribution in [0.1, 0.15) is 11.1 Å². The minimum absolute atomic E-state index is 0.00912. The average Bonchev–Trinajstić information content (AvgIpc) is 2.93. The second kappa shape index (κ2) is 5.95. The Balaban J connectivity index is 2.30. The predicted molar refractivity (Wildman–Crippen MR) is 94.8 cm³/mol. The van der Waals surface area contributed by atoms with Gasteiger partial charge in [-0.2, -0.15) is 0 Å². The third-order valence-corrected chi connectivity index (χ3v) is 6.36. The minimum atomic E-state index is -3.95. The number of nitrogens with zero attached hydrogens (tertiary/aromatic N) is 2. The summed E-state index contributed by atoms with van der Waals surface area (Å²) in [6.07, 6.45) is 1.28. The maximum absolute atomic E-state index is 13.1. The first kappa shape index (κ1) is 17.1. The molecule has 2 aromatic carbocycles. The fourth-order valence-corrected chi connectivity index (χ4v) is 4.34. The van der Waals surface area contributed by atoms with Crippen LogP contribution in [0.3, 0.4) is 0 Å². The van der Waals surface area contributed by atoms with Crippen molar-refractivity contribution in [2.45, 2.75) is 18.7 Å². The minimum Gasteiger partial charge on any atom is -0.494 e. The van der Waals surface area contributed by atoms with Crippen LogP contribution < -0.4 is 4.74 Å². The Labute approximate surface area is 149 Å². The van der Waals surface area contributed by atoms with Crippen molar-refractivity contribution in [3.63, 3.8) is 0 Å². The molecule has 1 aromatic heterocycles. The van der Waals surface area contributed by atoms with Crippen LogP contribution in [0.5, 0.6) is 5.75 Å². The van der Waals surface area contributed by atoms with Gasteiger partial charge in [-0.05, 0) is 49.2 Å². The number of hydrogen-bond donors (Lipinski definition) is 0. The van der Waals surface area contributed by atoms with Crippen molar-refractivity contribution in [1.29, 1.82) is 0 Å². The van der Waals surface area contributed by atoms with Crippen molar-refractivity contribution in [1.82, 2.24) is 8.96 Å². The number of halogens is 2. The highest BCUT2D eigenvalue weighted by atomic mass is 35.5. The molecule has 0 unspecified atom stereocenters. The molecule has 3 aromatic rings. The molecule has 0 radical (unpaired) electrons. The van der Waals surface area contributed by atoms with Crippen molar-refractivity contribution >= 4 is 44.3 Å². The molecule has 0 saturated heterocycles. The maximum atomic E-state index is 13.1. The van der Waals surface area contributed by atoms with Crippen LogP contribution in [0.25, 0.3) is 11.0 Å². The van der Waals surface area contributed by atoms with Gasteiger partial charge >= 0.3 is 0 Å². The first-order valence-electron chi connectivity index (χ1n) is 6.99. The van der Waals surface area contributed by atoms with Gasteiger partial charge in [0, 0.05) is 0 Å². The predicted octanol–water partition coefficient (Wildman–Crippen LogP) is 4.21. The van der Waals surface area contributed by atoms with Gasteiger partial charge in [0.2, 0.25) is 0 Å². The molecule has 0 aliphatic heterocycles. The molecule has 0 atom stereocenters. The van der Waals surface area contributed by atoms with E-state index in [0.717, 1.165) is 15.1 Å². The lowest BCUT2D eigenvalue weighted by molar-refractivity contribution is 0.403. The van der Waals surface area contributed by atoms with E-state index in [1.807, 2.05) is 19.9 Å². The van der Waals surface area contributed by atoms with Gasteiger partial charge in [-0.25, -0.2) is 17.4 Å². The molecule has 0 spiro atoms. The Kier molecular flexibility index (Phi) is 4.23. The van der Waals surface area contributed by atoms with Gasteiger partial charge in [-0.15, -0.1) is 0 Å². The van der Waals surface area contributed by atoms with Crippen LogP contribution in [0.4, 0.5) is 0 Å². The van der Waals surface area contributed by atoms with Gasteiger partial charge in [-0.1, -0.05) is 23.2 Å². The van der Waals surface area contributed by atoms with Gasteiger partial charge < -0.3 is 4.74 Å². The fourth-order valence-electron chi connectivity index (χ4n) is 2.45. The maximum Gasteiger partial charge on any atom is 0.273 e. The normalized spacial score (nSPS) is 11.9. The number of methoxy groups -OCH3 is 1. The molecule has 0 aliphatic rings. The summed E-state index contributed by atoms with van der Waals surface area (Å²) >= 11 is 12.0. The molecule has 0 bridgehead atoms. The van der Waals surface area contributed by atoms with Gasteiger partial charge in [-0.3, -0.25) is 0 Å². The number of ether oxygens (including phenoxy) is 1. The molecule has 8 heteroatoms. The van der Waals surface area contributed by atoms with Crippen LogP contribution in [0.2, 0.25) is 10.0 Å². The molecule has 3 rings (SSSR count). The summed E-state index contributed by atoms with van der Waals surface area (Å²) in [7, 11) is -2.60. The zero-order valence-corrected chi connectivity index (χ0v) is 15.5. The quantitative estimate of drug-likeness (QED) is 0.678. The van der Waals surface area contributed by atoms with Crippen LogP contribution >= 0.6 is 23.2 Å². The Hall–Kier alpha value is -1.76. The highest BCUT2D eigenvalue weighted by molar-refractivity contribution is 7.90. The van der Waals surface area contributed by atoms with Gasteiger partial charge in [0.25, 0.3) is 10.0 Å². The lowest BCUT2D eigenvalue weighted by Crippen LogP contribution is -2.13. The smallest absolute Gasteiger partial charge is 0.273 e. The molecule has 24 heavy (non-hydrogen) atoms. The molecule has 0 fully saturated rings. The number of hydrogen-bond acceptors (Lipinski definition) is 4. The van der Waals surface area contributed by atoms with E-state index in [1.54, 1.807) is 6.07 Å². The number of aromatic nitrogens is 2. The molecule has 0 saturated carbocycles. The zero-order valence-electron chi connectivity index (χ0n) is 13.2. The van der Waals surface area contributed by atoms with E-state index in [1.165, 1.54) is 25.6 Å². The lowest BCUT2D eigenvalue weighted by atomic mass is 10.1. The molecule has 1 heterocycles. The van der Waals surface area contributed by atoms with Gasteiger partial charge in [0.1, 0.15) is 16.2 Å². The number of imidazole rings is 1. The van der Waals surface area contributed by atoms with Crippen LogP contribution in [-0.2, 0) is 10.0 Å². The fraction of sp³-hybridized carbons (Fsp3) is 0.188. The second-order valence-corrected chi connectivity index (χ2v) is 7.93. The molecule has 0 aliphatic carbocycles. The Morgan fingerprint density at radius 1 is 1.12 bits per heavy atom. The molecule has 5 nitrogen and oxygen atoms in total. The summed E-state index contributed by atoms with van der Waals surface area (Å²) in [5, 5.41) is 0.270. The van der Waals surface area contributed by atoms with E-state index in [4.69, 9.17) is 27.9 Å².